The number of sulfone groups is 1. The number of rotatable bonds is 5. The lowest BCUT2D eigenvalue weighted by Gasteiger charge is -2.35. The molecule has 34 heavy (non-hydrogen) atoms. The molecule has 0 N–H and O–H groups in total. The van der Waals surface area contributed by atoms with Gasteiger partial charge < -0.3 is 9.80 Å². The van der Waals surface area contributed by atoms with Gasteiger partial charge in [-0.05, 0) is 48.2 Å². The average molecular weight is 493 g/mol. The van der Waals surface area contributed by atoms with Gasteiger partial charge in [-0.15, -0.1) is 11.3 Å². The van der Waals surface area contributed by atoms with E-state index in [0.717, 1.165) is 21.6 Å². The molecule has 9 heteroatoms. The van der Waals surface area contributed by atoms with Crippen LogP contribution in [0.2, 0.25) is 0 Å². The van der Waals surface area contributed by atoms with Gasteiger partial charge in [-0.1, -0.05) is 29.8 Å². The second-order valence-corrected chi connectivity index (χ2v) is 11.3. The Kier molecular flexibility index (Phi) is 6.05. The van der Waals surface area contributed by atoms with Gasteiger partial charge in [0, 0.05) is 31.7 Å². The van der Waals surface area contributed by atoms with Crippen molar-refractivity contribution < 1.29 is 13.2 Å². The fourth-order valence-corrected chi connectivity index (χ4v) is 6.20. The van der Waals surface area contributed by atoms with Gasteiger partial charge in [-0.2, -0.15) is 0 Å². The SMILES string of the molecule is Cc1ccc(S(=O)(=O)Cc2ccc(C(=O)N3CCN(c4ncnc5sccc45)CC3)cc2)cc1. The van der Waals surface area contributed by atoms with Gasteiger partial charge in [0.25, 0.3) is 5.91 Å². The van der Waals surface area contributed by atoms with Crippen LogP contribution in [0.15, 0.2) is 71.2 Å². The molecule has 1 saturated heterocycles. The first kappa shape index (κ1) is 22.5. The van der Waals surface area contributed by atoms with Gasteiger partial charge in [0.1, 0.15) is 17.0 Å². The zero-order valence-electron chi connectivity index (χ0n) is 18.7. The Morgan fingerprint density at radius 2 is 1.65 bits per heavy atom. The summed E-state index contributed by atoms with van der Waals surface area (Å²) < 4.78 is 25.4. The van der Waals surface area contributed by atoms with Gasteiger partial charge >= 0.3 is 0 Å². The highest BCUT2D eigenvalue weighted by molar-refractivity contribution is 7.90. The molecular weight excluding hydrogens is 468 g/mol. The van der Waals surface area contributed by atoms with E-state index in [2.05, 4.69) is 14.9 Å². The fraction of sp³-hybridized carbons (Fsp3) is 0.240. The molecule has 1 aliphatic heterocycles. The summed E-state index contributed by atoms with van der Waals surface area (Å²) in [5.74, 6) is 0.771. The highest BCUT2D eigenvalue weighted by Crippen LogP contribution is 2.27. The van der Waals surface area contributed by atoms with Crippen molar-refractivity contribution in [1.29, 1.82) is 0 Å². The molecule has 7 nitrogen and oxygen atoms in total. The van der Waals surface area contributed by atoms with Crippen molar-refractivity contribution in [2.75, 3.05) is 31.1 Å². The molecule has 4 aromatic rings. The number of carbonyl (C=O) groups is 1. The molecule has 2 aromatic carbocycles. The van der Waals surface area contributed by atoms with Crippen molar-refractivity contribution in [2.45, 2.75) is 17.6 Å². The molecule has 0 unspecified atom stereocenters. The Hall–Kier alpha value is -3.30. The van der Waals surface area contributed by atoms with E-state index in [1.54, 1.807) is 66.2 Å². The normalized spacial score (nSPS) is 14.5. The first-order chi connectivity index (χ1) is 16.4. The number of anilines is 1. The molecule has 5 rings (SSSR count). The van der Waals surface area contributed by atoms with Crippen LogP contribution in [0.4, 0.5) is 5.82 Å². The Bertz CT molecular complexity index is 1420. The quantitative estimate of drug-likeness (QED) is 0.420. The molecule has 3 heterocycles. The summed E-state index contributed by atoms with van der Waals surface area (Å²) in [7, 11) is -3.44. The maximum absolute atomic E-state index is 13.0. The number of thiophene rings is 1. The molecule has 0 aliphatic carbocycles. The number of carbonyl (C=O) groups excluding carboxylic acids is 1. The number of hydrogen-bond donors (Lipinski definition) is 0. The van der Waals surface area contributed by atoms with E-state index in [-0.39, 0.29) is 11.7 Å². The van der Waals surface area contributed by atoms with E-state index in [9.17, 15) is 13.2 Å². The largest absolute Gasteiger partial charge is 0.352 e. The van der Waals surface area contributed by atoms with E-state index in [4.69, 9.17) is 0 Å². The van der Waals surface area contributed by atoms with Crippen molar-refractivity contribution in [2.24, 2.45) is 0 Å². The summed E-state index contributed by atoms with van der Waals surface area (Å²) in [5, 5.41) is 3.06. The van der Waals surface area contributed by atoms with Gasteiger partial charge in [-0.3, -0.25) is 4.79 Å². The third kappa shape index (κ3) is 4.53. The van der Waals surface area contributed by atoms with Crippen LogP contribution in [0.3, 0.4) is 0 Å². The summed E-state index contributed by atoms with van der Waals surface area (Å²) in [6, 6.07) is 15.8. The smallest absolute Gasteiger partial charge is 0.253 e. The van der Waals surface area contributed by atoms with Gasteiger partial charge in [0.05, 0.1) is 16.0 Å². The number of aromatic nitrogens is 2. The van der Waals surface area contributed by atoms with Crippen LogP contribution in [-0.2, 0) is 15.6 Å². The summed E-state index contributed by atoms with van der Waals surface area (Å²) >= 11 is 1.59. The van der Waals surface area contributed by atoms with Gasteiger partial charge in [0.15, 0.2) is 9.84 Å². The molecule has 0 bridgehead atoms. The van der Waals surface area contributed by atoms with Crippen LogP contribution in [0.25, 0.3) is 10.2 Å². The second kappa shape index (κ2) is 9.15. The maximum atomic E-state index is 13.0. The Labute approximate surface area is 202 Å². The van der Waals surface area contributed by atoms with Gasteiger partial charge in [0.2, 0.25) is 0 Å². The lowest BCUT2D eigenvalue weighted by atomic mass is 10.1. The molecule has 2 aromatic heterocycles. The van der Waals surface area contributed by atoms with E-state index in [1.807, 2.05) is 23.3 Å². The number of fused-ring (bicyclic) bond motifs is 1. The third-order valence-corrected chi connectivity index (χ3v) is 8.57. The first-order valence-corrected chi connectivity index (χ1v) is 13.5. The topological polar surface area (TPSA) is 83.5 Å². The lowest BCUT2D eigenvalue weighted by Crippen LogP contribution is -2.49. The number of benzene rings is 2. The Morgan fingerprint density at radius 3 is 2.35 bits per heavy atom. The molecular formula is C25H24N4O3S2. The predicted molar refractivity (Wildman–Crippen MR) is 134 cm³/mol. The summed E-state index contributed by atoms with van der Waals surface area (Å²) in [4.78, 5) is 27.1. The van der Waals surface area contributed by atoms with Crippen molar-refractivity contribution in [3.05, 3.63) is 83.0 Å². The van der Waals surface area contributed by atoms with Gasteiger partial charge in [-0.25, -0.2) is 18.4 Å². The van der Waals surface area contributed by atoms with Crippen LogP contribution in [-0.4, -0.2) is 55.4 Å². The number of aryl methyl sites for hydroxylation is 1. The molecule has 0 saturated carbocycles. The first-order valence-electron chi connectivity index (χ1n) is 11.0. The third-order valence-electron chi connectivity index (χ3n) is 6.04. The van der Waals surface area contributed by atoms with E-state index in [0.29, 0.717) is 42.2 Å². The summed E-state index contributed by atoms with van der Waals surface area (Å²) in [5.41, 5.74) is 2.23. The molecule has 0 atom stereocenters. The molecule has 1 fully saturated rings. The highest BCUT2D eigenvalue weighted by atomic mass is 32.2. The van der Waals surface area contributed by atoms with Crippen LogP contribution in [0, 0.1) is 6.92 Å². The minimum Gasteiger partial charge on any atom is -0.352 e. The second-order valence-electron chi connectivity index (χ2n) is 8.39. The van der Waals surface area contributed by atoms with Crippen LogP contribution >= 0.6 is 11.3 Å². The van der Waals surface area contributed by atoms with E-state index >= 15 is 0 Å². The maximum Gasteiger partial charge on any atom is 0.253 e. The van der Waals surface area contributed by atoms with Crippen molar-refractivity contribution in [1.82, 2.24) is 14.9 Å². The van der Waals surface area contributed by atoms with E-state index in [1.165, 1.54) is 0 Å². The standard InChI is InChI=1S/C25H24N4O3S2/c1-18-2-8-21(9-3-18)34(31,32)16-19-4-6-20(7-5-19)25(30)29-13-11-28(12-14-29)23-22-10-15-33-24(22)27-17-26-23/h2-10,15,17H,11-14,16H2,1H3. The Morgan fingerprint density at radius 1 is 0.941 bits per heavy atom. The molecule has 0 radical (unpaired) electrons. The zero-order chi connectivity index (χ0) is 23.7. The minimum atomic E-state index is -3.44. The summed E-state index contributed by atoms with van der Waals surface area (Å²) in [6.45, 7) is 4.50. The van der Waals surface area contributed by atoms with Crippen molar-refractivity contribution >= 4 is 43.1 Å². The monoisotopic (exact) mass is 492 g/mol. The Balaban J connectivity index is 1.23. The number of nitrogens with zero attached hydrogens (tertiary/aromatic N) is 4. The summed E-state index contributed by atoms with van der Waals surface area (Å²) in [6.07, 6.45) is 1.59. The van der Waals surface area contributed by atoms with Crippen molar-refractivity contribution in [3.63, 3.8) is 0 Å². The lowest BCUT2D eigenvalue weighted by molar-refractivity contribution is 0.0746. The number of hydrogen-bond acceptors (Lipinski definition) is 7. The average Bonchev–Trinajstić information content (AvgIpc) is 3.33. The molecule has 0 spiro atoms. The number of amides is 1. The number of piperazine rings is 1. The predicted octanol–water partition coefficient (Wildman–Crippen LogP) is 3.94. The zero-order valence-corrected chi connectivity index (χ0v) is 20.3. The highest BCUT2D eigenvalue weighted by Gasteiger charge is 2.24. The molecule has 1 aliphatic rings. The fourth-order valence-electron chi connectivity index (χ4n) is 4.12. The minimum absolute atomic E-state index is 0.0454. The molecule has 1 amide bonds. The molecule has 174 valence electrons. The van der Waals surface area contributed by atoms with E-state index < -0.39 is 9.84 Å². The van der Waals surface area contributed by atoms with Crippen LogP contribution in [0.5, 0.6) is 0 Å². The van der Waals surface area contributed by atoms with Crippen LogP contribution < -0.4 is 4.90 Å². The van der Waals surface area contributed by atoms with Crippen LogP contribution in [0.1, 0.15) is 21.5 Å². The van der Waals surface area contributed by atoms with Crippen molar-refractivity contribution in [3.8, 4) is 0 Å².